The summed E-state index contributed by atoms with van der Waals surface area (Å²) in [6, 6.07) is 5.23. The number of nitrogens with two attached hydrogens (primary N) is 1. The van der Waals surface area contributed by atoms with Gasteiger partial charge < -0.3 is 5.73 Å². The molecule has 0 aliphatic rings. The van der Waals surface area contributed by atoms with Crippen molar-refractivity contribution in [3.8, 4) is 0 Å². The van der Waals surface area contributed by atoms with Crippen molar-refractivity contribution in [2.45, 2.75) is 28.6 Å². The highest BCUT2D eigenvalue weighted by Crippen LogP contribution is 2.30. The first kappa shape index (κ1) is 12.5. The fraction of sp³-hybridized carbons (Fsp3) is 0.273. The molecular formula is C11H12FN3S2. The van der Waals surface area contributed by atoms with Gasteiger partial charge in [0.05, 0.1) is 4.90 Å². The van der Waals surface area contributed by atoms with Crippen LogP contribution in [0.5, 0.6) is 0 Å². The van der Waals surface area contributed by atoms with Crippen LogP contribution in [-0.2, 0) is 6.42 Å². The molecule has 1 aromatic heterocycles. The first-order valence-corrected chi connectivity index (χ1v) is 6.72. The molecule has 0 spiro atoms. The van der Waals surface area contributed by atoms with Gasteiger partial charge in [0.15, 0.2) is 4.34 Å². The zero-order valence-corrected chi connectivity index (χ0v) is 10.9. The van der Waals surface area contributed by atoms with Gasteiger partial charge in [0, 0.05) is 6.04 Å². The van der Waals surface area contributed by atoms with Crippen LogP contribution in [0.4, 0.5) is 4.39 Å². The van der Waals surface area contributed by atoms with Crippen LogP contribution < -0.4 is 5.73 Å². The molecule has 0 amide bonds. The normalized spacial score (nSPS) is 12.6. The molecule has 1 heterocycles. The van der Waals surface area contributed by atoms with Crippen LogP contribution in [0.2, 0.25) is 0 Å². The highest BCUT2D eigenvalue weighted by atomic mass is 32.2. The minimum atomic E-state index is -0.233. The largest absolute Gasteiger partial charge is 0.328 e. The van der Waals surface area contributed by atoms with E-state index in [0.29, 0.717) is 11.3 Å². The van der Waals surface area contributed by atoms with E-state index in [1.54, 1.807) is 6.07 Å². The topological polar surface area (TPSA) is 51.8 Å². The van der Waals surface area contributed by atoms with E-state index >= 15 is 0 Å². The molecule has 0 radical (unpaired) electrons. The second-order valence-electron chi connectivity index (χ2n) is 3.76. The third kappa shape index (κ3) is 3.49. The van der Waals surface area contributed by atoms with E-state index in [2.05, 4.69) is 9.36 Å². The van der Waals surface area contributed by atoms with Gasteiger partial charge in [-0.2, -0.15) is 4.37 Å². The standard InChI is InChI=1S/C11H12FN3S2/c1-7(13)4-8-2-3-10(9(12)5-8)16-11-14-6-15-17-11/h2-3,5-7H,4,13H2,1H3. The summed E-state index contributed by atoms with van der Waals surface area (Å²) >= 11 is 2.54. The van der Waals surface area contributed by atoms with Crippen LogP contribution in [0.1, 0.15) is 12.5 Å². The molecule has 1 unspecified atom stereocenters. The average molecular weight is 269 g/mol. The molecule has 0 bridgehead atoms. The van der Waals surface area contributed by atoms with Gasteiger partial charge in [0.25, 0.3) is 0 Å². The Hall–Kier alpha value is -0.980. The highest BCUT2D eigenvalue weighted by Gasteiger charge is 2.08. The Morgan fingerprint density at radius 1 is 1.53 bits per heavy atom. The molecule has 2 rings (SSSR count). The van der Waals surface area contributed by atoms with Gasteiger partial charge in [0.1, 0.15) is 12.1 Å². The fourth-order valence-electron chi connectivity index (χ4n) is 1.43. The van der Waals surface area contributed by atoms with Gasteiger partial charge in [0.2, 0.25) is 0 Å². The van der Waals surface area contributed by atoms with E-state index in [-0.39, 0.29) is 11.9 Å². The lowest BCUT2D eigenvalue weighted by Crippen LogP contribution is -2.17. The van der Waals surface area contributed by atoms with Crippen molar-refractivity contribution >= 4 is 23.3 Å². The molecular weight excluding hydrogens is 257 g/mol. The minimum Gasteiger partial charge on any atom is -0.328 e. The summed E-state index contributed by atoms with van der Waals surface area (Å²) in [7, 11) is 0. The number of hydrogen-bond donors (Lipinski definition) is 1. The number of aromatic nitrogens is 2. The molecule has 90 valence electrons. The second kappa shape index (κ2) is 5.57. The molecule has 3 nitrogen and oxygen atoms in total. The molecule has 6 heteroatoms. The maximum absolute atomic E-state index is 13.8. The smallest absolute Gasteiger partial charge is 0.174 e. The summed E-state index contributed by atoms with van der Waals surface area (Å²) in [4.78, 5) is 4.57. The van der Waals surface area contributed by atoms with Crippen molar-refractivity contribution in [3.63, 3.8) is 0 Å². The van der Waals surface area contributed by atoms with E-state index in [4.69, 9.17) is 5.73 Å². The Morgan fingerprint density at radius 2 is 2.35 bits per heavy atom. The molecule has 0 saturated carbocycles. The predicted octanol–water partition coefficient (Wildman–Crippen LogP) is 2.72. The van der Waals surface area contributed by atoms with Crippen molar-refractivity contribution in [3.05, 3.63) is 35.9 Å². The molecule has 0 aliphatic carbocycles. The minimum absolute atomic E-state index is 0.0380. The predicted molar refractivity (Wildman–Crippen MR) is 67.8 cm³/mol. The van der Waals surface area contributed by atoms with Crippen molar-refractivity contribution in [1.82, 2.24) is 9.36 Å². The van der Waals surface area contributed by atoms with Crippen molar-refractivity contribution in [2.24, 2.45) is 5.73 Å². The summed E-state index contributed by atoms with van der Waals surface area (Å²) < 4.78 is 18.4. The molecule has 1 atom stereocenters. The summed E-state index contributed by atoms with van der Waals surface area (Å²) in [5, 5.41) is 0. The van der Waals surface area contributed by atoms with Crippen molar-refractivity contribution < 1.29 is 4.39 Å². The van der Waals surface area contributed by atoms with E-state index in [1.807, 2.05) is 13.0 Å². The Kier molecular flexibility index (Phi) is 4.09. The van der Waals surface area contributed by atoms with Crippen molar-refractivity contribution in [1.29, 1.82) is 0 Å². The zero-order valence-electron chi connectivity index (χ0n) is 9.26. The van der Waals surface area contributed by atoms with Crippen LogP contribution in [0.25, 0.3) is 0 Å². The van der Waals surface area contributed by atoms with Crippen LogP contribution in [0.15, 0.2) is 33.8 Å². The Balaban J connectivity index is 2.14. The SMILES string of the molecule is CC(N)Cc1ccc(Sc2ncns2)c(F)c1. The second-order valence-corrected chi connectivity index (χ2v) is 5.82. The first-order chi connectivity index (χ1) is 8.15. The van der Waals surface area contributed by atoms with E-state index in [0.717, 1.165) is 9.90 Å². The maximum atomic E-state index is 13.8. The van der Waals surface area contributed by atoms with Crippen molar-refractivity contribution in [2.75, 3.05) is 0 Å². The van der Waals surface area contributed by atoms with Gasteiger partial charge in [-0.3, -0.25) is 0 Å². The zero-order chi connectivity index (χ0) is 12.3. The van der Waals surface area contributed by atoms with Gasteiger partial charge in [-0.05, 0) is 42.6 Å². The molecule has 2 N–H and O–H groups in total. The third-order valence-corrected chi connectivity index (χ3v) is 3.86. The molecule has 0 fully saturated rings. The summed E-state index contributed by atoms with van der Waals surface area (Å²) in [6.07, 6.45) is 2.15. The van der Waals surface area contributed by atoms with Crippen LogP contribution >= 0.6 is 23.3 Å². The number of halogens is 1. The molecule has 0 saturated heterocycles. The van der Waals surface area contributed by atoms with Gasteiger partial charge in [-0.1, -0.05) is 17.8 Å². The first-order valence-electron chi connectivity index (χ1n) is 5.13. The lowest BCUT2D eigenvalue weighted by molar-refractivity contribution is 0.597. The van der Waals surface area contributed by atoms with Crippen LogP contribution in [0, 0.1) is 5.82 Å². The fourth-order valence-corrected chi connectivity index (χ4v) is 2.83. The number of benzene rings is 1. The van der Waals surface area contributed by atoms with Crippen LogP contribution in [-0.4, -0.2) is 15.4 Å². The van der Waals surface area contributed by atoms with E-state index < -0.39 is 0 Å². The lowest BCUT2D eigenvalue weighted by atomic mass is 10.1. The van der Waals surface area contributed by atoms with E-state index in [9.17, 15) is 4.39 Å². The van der Waals surface area contributed by atoms with Gasteiger partial charge in [-0.15, -0.1) is 0 Å². The summed E-state index contributed by atoms with van der Waals surface area (Å²) in [5.74, 6) is -0.233. The molecule has 0 aliphatic heterocycles. The lowest BCUT2D eigenvalue weighted by Gasteiger charge is -2.07. The van der Waals surface area contributed by atoms with Gasteiger partial charge >= 0.3 is 0 Å². The molecule has 1 aromatic carbocycles. The maximum Gasteiger partial charge on any atom is 0.174 e. The Bertz CT molecular complexity index is 485. The summed E-state index contributed by atoms with van der Waals surface area (Å²) in [6.45, 7) is 1.90. The highest BCUT2D eigenvalue weighted by molar-refractivity contribution is 8.01. The summed E-state index contributed by atoms with van der Waals surface area (Å²) in [5.41, 5.74) is 6.59. The molecule has 17 heavy (non-hydrogen) atoms. The number of rotatable bonds is 4. The number of nitrogens with zero attached hydrogens (tertiary/aromatic N) is 2. The monoisotopic (exact) mass is 269 g/mol. The Morgan fingerprint density at radius 3 is 2.94 bits per heavy atom. The number of hydrogen-bond acceptors (Lipinski definition) is 5. The Labute approximate surface area is 107 Å². The van der Waals surface area contributed by atoms with E-state index in [1.165, 1.54) is 35.7 Å². The molecule has 2 aromatic rings. The quantitative estimate of drug-likeness (QED) is 0.927. The third-order valence-electron chi connectivity index (χ3n) is 2.09. The van der Waals surface area contributed by atoms with Gasteiger partial charge in [-0.25, -0.2) is 9.37 Å². The average Bonchev–Trinajstić information content (AvgIpc) is 2.74. The van der Waals surface area contributed by atoms with Crippen LogP contribution in [0.3, 0.4) is 0 Å².